The Morgan fingerprint density at radius 2 is 1.25 bits per heavy atom. The molecule has 3 aromatic rings. The molecule has 6 nitrogen and oxygen atoms in total. The fraction of sp³-hybridized carbons (Fsp3) is 0.564. The second-order valence-electron chi connectivity index (χ2n) is 17.9. The SMILES string of the molecule is C=C(C)C(=O)OCCCc1cc(-c2ccc(-c3ccc(C4CCC(CCCCC)CC4)cc3)cc2CC)cc(CCCOC(=O)C(=C)C)c1OCCC(CC)(CO)CCCC. The number of aryl methyl sites for hydroxylation is 3. The molecule has 6 heteroatoms. The molecular formula is C55H78O6. The summed E-state index contributed by atoms with van der Waals surface area (Å²) < 4.78 is 17.8. The van der Waals surface area contributed by atoms with Gasteiger partial charge in [-0.1, -0.05) is 122 Å². The quantitative estimate of drug-likeness (QED) is 0.0468. The first-order chi connectivity index (χ1) is 29.5. The molecule has 1 fully saturated rings. The number of carbonyl (C=O) groups excluding carboxylic acids is 2. The van der Waals surface area contributed by atoms with Crippen molar-refractivity contribution in [2.24, 2.45) is 11.3 Å². The minimum atomic E-state index is -0.384. The van der Waals surface area contributed by atoms with Crippen molar-refractivity contribution in [2.45, 2.75) is 163 Å². The van der Waals surface area contributed by atoms with Crippen LogP contribution in [-0.2, 0) is 38.3 Å². The summed E-state index contributed by atoms with van der Waals surface area (Å²) in [4.78, 5) is 24.5. The van der Waals surface area contributed by atoms with E-state index in [2.05, 4.69) is 95.5 Å². The van der Waals surface area contributed by atoms with Gasteiger partial charge in [0, 0.05) is 17.8 Å². The highest BCUT2D eigenvalue weighted by Crippen LogP contribution is 2.40. The van der Waals surface area contributed by atoms with Crippen LogP contribution in [-0.4, -0.2) is 43.5 Å². The molecule has 0 bridgehead atoms. The highest BCUT2D eigenvalue weighted by Gasteiger charge is 2.28. The maximum Gasteiger partial charge on any atom is 0.333 e. The van der Waals surface area contributed by atoms with E-state index in [0.29, 0.717) is 49.4 Å². The van der Waals surface area contributed by atoms with Crippen LogP contribution in [0.1, 0.15) is 166 Å². The predicted octanol–water partition coefficient (Wildman–Crippen LogP) is 13.9. The van der Waals surface area contributed by atoms with Crippen molar-refractivity contribution in [2.75, 3.05) is 26.4 Å². The van der Waals surface area contributed by atoms with E-state index in [4.69, 9.17) is 14.2 Å². The molecule has 1 aliphatic rings. The lowest BCUT2D eigenvalue weighted by Gasteiger charge is -2.31. The topological polar surface area (TPSA) is 82.1 Å². The highest BCUT2D eigenvalue weighted by molar-refractivity contribution is 5.87. The Morgan fingerprint density at radius 3 is 1.77 bits per heavy atom. The summed E-state index contributed by atoms with van der Waals surface area (Å²) in [6, 6.07) is 20.7. The van der Waals surface area contributed by atoms with E-state index in [-0.39, 0.29) is 37.2 Å². The van der Waals surface area contributed by atoms with E-state index < -0.39 is 0 Å². The van der Waals surface area contributed by atoms with Crippen LogP contribution < -0.4 is 4.74 Å². The monoisotopic (exact) mass is 835 g/mol. The molecule has 1 unspecified atom stereocenters. The summed E-state index contributed by atoms with van der Waals surface area (Å²) in [5.74, 6) is 1.64. The van der Waals surface area contributed by atoms with Crippen molar-refractivity contribution >= 4 is 11.9 Å². The predicted molar refractivity (Wildman–Crippen MR) is 253 cm³/mol. The number of unbranched alkanes of at least 4 members (excludes halogenated alkanes) is 3. The van der Waals surface area contributed by atoms with E-state index in [1.165, 1.54) is 79.2 Å². The fourth-order valence-electron chi connectivity index (χ4n) is 9.00. The second kappa shape index (κ2) is 25.7. The Balaban J connectivity index is 1.65. The first-order valence-corrected chi connectivity index (χ1v) is 23.8. The zero-order chi connectivity index (χ0) is 44.2. The lowest BCUT2D eigenvalue weighted by molar-refractivity contribution is -0.139. The van der Waals surface area contributed by atoms with Gasteiger partial charge in [0.05, 0.1) is 19.8 Å². The molecule has 0 radical (unpaired) electrons. The van der Waals surface area contributed by atoms with Gasteiger partial charge in [-0.15, -0.1) is 0 Å². The largest absolute Gasteiger partial charge is 0.493 e. The van der Waals surface area contributed by atoms with Crippen molar-refractivity contribution in [3.05, 3.63) is 101 Å². The van der Waals surface area contributed by atoms with Gasteiger partial charge in [0.1, 0.15) is 5.75 Å². The molecule has 0 aliphatic heterocycles. The standard InChI is InChI=1S/C55H78O6/c1-9-13-15-18-42-21-23-44(24-22-42)45-25-27-46(28-26-45)47-29-30-51(43(11-3)36-47)50-37-48(19-16-33-60-53(57)40(5)6)52(49(38-50)20-17-34-61-54(58)41(7)8)59-35-32-55(12-4,39-56)31-14-10-2/h25-30,36-38,42,44,56H,5,7,9-24,31-35,39H2,1-4,6,8H3. The van der Waals surface area contributed by atoms with E-state index in [0.717, 1.165) is 66.9 Å². The van der Waals surface area contributed by atoms with Crippen molar-refractivity contribution < 1.29 is 28.9 Å². The van der Waals surface area contributed by atoms with Gasteiger partial charge in [-0.05, 0) is 165 Å². The molecule has 0 amide bonds. The first kappa shape index (κ1) is 49.5. The zero-order valence-electron chi connectivity index (χ0n) is 38.8. The van der Waals surface area contributed by atoms with Crippen LogP contribution in [0.15, 0.2) is 78.9 Å². The Hall–Kier alpha value is -4.16. The van der Waals surface area contributed by atoms with Gasteiger partial charge in [-0.3, -0.25) is 0 Å². The number of carbonyl (C=O) groups is 2. The molecule has 3 aromatic carbocycles. The Labute approximate surface area is 369 Å². The normalized spacial score (nSPS) is 16.1. The third-order valence-corrected chi connectivity index (χ3v) is 13.2. The van der Waals surface area contributed by atoms with Crippen LogP contribution in [0, 0.1) is 11.3 Å². The summed E-state index contributed by atoms with van der Waals surface area (Å²) in [6.45, 7) is 20.8. The average molecular weight is 835 g/mol. The molecule has 0 saturated heterocycles. The average Bonchev–Trinajstić information content (AvgIpc) is 3.28. The van der Waals surface area contributed by atoms with E-state index in [1.54, 1.807) is 13.8 Å². The van der Waals surface area contributed by atoms with Crippen LogP contribution in [0.5, 0.6) is 5.75 Å². The smallest absolute Gasteiger partial charge is 0.333 e. The van der Waals surface area contributed by atoms with E-state index in [9.17, 15) is 14.7 Å². The third kappa shape index (κ3) is 15.0. The van der Waals surface area contributed by atoms with Gasteiger partial charge < -0.3 is 19.3 Å². The van der Waals surface area contributed by atoms with Gasteiger partial charge >= 0.3 is 11.9 Å². The molecule has 1 saturated carbocycles. The first-order valence-electron chi connectivity index (χ1n) is 23.8. The number of benzene rings is 3. The molecule has 61 heavy (non-hydrogen) atoms. The maximum absolute atomic E-state index is 12.2. The van der Waals surface area contributed by atoms with Gasteiger partial charge in [0.2, 0.25) is 0 Å². The number of aliphatic hydroxyl groups excluding tert-OH is 1. The third-order valence-electron chi connectivity index (χ3n) is 13.2. The molecule has 1 N–H and O–H groups in total. The summed E-state index contributed by atoms with van der Waals surface area (Å²) >= 11 is 0. The maximum atomic E-state index is 12.2. The molecule has 1 atom stereocenters. The lowest BCUT2D eigenvalue weighted by atomic mass is 9.77. The zero-order valence-corrected chi connectivity index (χ0v) is 38.8. The minimum Gasteiger partial charge on any atom is -0.493 e. The van der Waals surface area contributed by atoms with Crippen molar-refractivity contribution in [1.29, 1.82) is 0 Å². The van der Waals surface area contributed by atoms with Crippen molar-refractivity contribution in [3.63, 3.8) is 0 Å². The van der Waals surface area contributed by atoms with Crippen molar-refractivity contribution in [3.8, 4) is 28.0 Å². The number of aliphatic hydroxyl groups is 1. The van der Waals surface area contributed by atoms with Gasteiger partial charge in [-0.2, -0.15) is 0 Å². The van der Waals surface area contributed by atoms with E-state index >= 15 is 0 Å². The number of hydrogen-bond acceptors (Lipinski definition) is 6. The van der Waals surface area contributed by atoms with Crippen LogP contribution in [0.4, 0.5) is 0 Å². The number of esters is 2. The van der Waals surface area contributed by atoms with Crippen LogP contribution in [0.2, 0.25) is 0 Å². The Morgan fingerprint density at radius 1 is 0.672 bits per heavy atom. The van der Waals surface area contributed by atoms with Gasteiger partial charge in [0.25, 0.3) is 0 Å². The molecular weight excluding hydrogens is 757 g/mol. The van der Waals surface area contributed by atoms with Crippen molar-refractivity contribution in [1.82, 2.24) is 0 Å². The molecule has 334 valence electrons. The Bertz CT molecular complexity index is 1790. The summed E-state index contributed by atoms with van der Waals surface area (Å²) in [6.07, 6.45) is 18.9. The minimum absolute atomic E-state index is 0.133. The summed E-state index contributed by atoms with van der Waals surface area (Å²) in [5, 5.41) is 10.5. The fourth-order valence-corrected chi connectivity index (χ4v) is 9.00. The summed E-state index contributed by atoms with van der Waals surface area (Å²) in [7, 11) is 0. The Kier molecular flexibility index (Phi) is 20.9. The highest BCUT2D eigenvalue weighted by atomic mass is 16.5. The number of rotatable bonds is 27. The van der Waals surface area contributed by atoms with Gasteiger partial charge in [0.15, 0.2) is 0 Å². The molecule has 0 spiro atoms. The van der Waals surface area contributed by atoms with Crippen LogP contribution >= 0.6 is 0 Å². The lowest BCUT2D eigenvalue weighted by Crippen LogP contribution is -2.27. The second-order valence-corrected chi connectivity index (χ2v) is 17.9. The number of hydrogen-bond donors (Lipinski definition) is 1. The van der Waals surface area contributed by atoms with Crippen LogP contribution in [0.25, 0.3) is 22.3 Å². The molecule has 0 aromatic heterocycles. The van der Waals surface area contributed by atoms with Gasteiger partial charge in [-0.25, -0.2) is 9.59 Å². The molecule has 1 aliphatic carbocycles. The van der Waals surface area contributed by atoms with Crippen LogP contribution in [0.3, 0.4) is 0 Å². The molecule has 0 heterocycles. The summed E-state index contributed by atoms with van der Waals surface area (Å²) in [5.41, 5.74) is 10.2. The van der Waals surface area contributed by atoms with E-state index in [1.807, 2.05) is 0 Å². The molecule has 4 rings (SSSR count). The number of ether oxygens (including phenoxy) is 3.